The number of aromatic hydroxyl groups is 1. The molecule has 0 aliphatic heterocycles. The van der Waals surface area contributed by atoms with Gasteiger partial charge in [-0.1, -0.05) is 12.1 Å². The summed E-state index contributed by atoms with van der Waals surface area (Å²) in [5.41, 5.74) is 0.686. The Labute approximate surface area is 143 Å². The summed E-state index contributed by atoms with van der Waals surface area (Å²) >= 11 is 0. The third kappa shape index (κ3) is 5.34. The fraction of sp³-hybridized carbons (Fsp3) is 0.250. The van der Waals surface area contributed by atoms with Crippen molar-refractivity contribution in [3.05, 3.63) is 48.0 Å². The number of aliphatic carboxylic acids is 1. The molecule has 0 saturated heterocycles. The topological polar surface area (TPSA) is 144 Å². The molecule has 9 nitrogen and oxygen atoms in total. The van der Waals surface area contributed by atoms with Gasteiger partial charge in [-0.15, -0.1) is 0 Å². The number of nitrogens with zero attached hydrogens (tertiary/aromatic N) is 1. The molecule has 132 valence electrons. The minimum absolute atomic E-state index is 0.00932. The summed E-state index contributed by atoms with van der Waals surface area (Å²) in [7, 11) is 0. The number of hydrogen-bond donors (Lipinski definition) is 5. The minimum atomic E-state index is -1.17. The normalized spacial score (nSPS) is 11.5. The number of carboxylic acids is 1. The van der Waals surface area contributed by atoms with Crippen molar-refractivity contribution in [2.75, 3.05) is 6.54 Å². The number of imidazole rings is 1. The largest absolute Gasteiger partial charge is 0.507 e. The lowest BCUT2D eigenvalue weighted by Gasteiger charge is -2.14. The molecular formula is C16H18N4O5. The van der Waals surface area contributed by atoms with E-state index in [9.17, 15) is 19.5 Å². The lowest BCUT2D eigenvalue weighted by Crippen LogP contribution is -2.43. The molecule has 9 heteroatoms. The van der Waals surface area contributed by atoms with E-state index in [0.29, 0.717) is 5.69 Å². The van der Waals surface area contributed by atoms with Crippen LogP contribution >= 0.6 is 0 Å². The average molecular weight is 346 g/mol. The van der Waals surface area contributed by atoms with Crippen LogP contribution in [0.2, 0.25) is 0 Å². The van der Waals surface area contributed by atoms with Crippen molar-refractivity contribution in [2.45, 2.75) is 18.9 Å². The molecule has 2 amide bonds. The first-order chi connectivity index (χ1) is 12.0. The molecule has 0 radical (unpaired) electrons. The number of phenols is 1. The number of rotatable bonds is 8. The van der Waals surface area contributed by atoms with E-state index in [1.165, 1.54) is 24.7 Å². The summed E-state index contributed by atoms with van der Waals surface area (Å²) in [5.74, 6) is -2.35. The van der Waals surface area contributed by atoms with E-state index in [0.717, 1.165) is 0 Å². The Morgan fingerprint density at radius 2 is 2.00 bits per heavy atom. The molecule has 0 spiro atoms. The summed E-state index contributed by atoms with van der Waals surface area (Å²) < 4.78 is 0. The first-order valence-corrected chi connectivity index (χ1v) is 7.53. The number of aromatic amines is 1. The van der Waals surface area contributed by atoms with Crippen LogP contribution in [0.15, 0.2) is 36.8 Å². The third-order valence-electron chi connectivity index (χ3n) is 3.40. The van der Waals surface area contributed by atoms with E-state index in [2.05, 4.69) is 20.6 Å². The smallest absolute Gasteiger partial charge is 0.326 e. The number of nitrogens with one attached hydrogen (secondary N) is 3. The monoisotopic (exact) mass is 346 g/mol. The predicted molar refractivity (Wildman–Crippen MR) is 86.9 cm³/mol. The summed E-state index contributed by atoms with van der Waals surface area (Å²) in [6.45, 7) is 0.00932. The van der Waals surface area contributed by atoms with Crippen LogP contribution in [0, 0.1) is 0 Å². The number of amides is 2. The van der Waals surface area contributed by atoms with Gasteiger partial charge in [-0.05, 0) is 12.1 Å². The lowest BCUT2D eigenvalue weighted by molar-refractivity contribution is -0.141. The Kier molecular flexibility index (Phi) is 6.10. The molecule has 2 aromatic rings. The van der Waals surface area contributed by atoms with Crippen molar-refractivity contribution < 1.29 is 24.6 Å². The molecule has 0 saturated carbocycles. The van der Waals surface area contributed by atoms with Gasteiger partial charge in [0.15, 0.2) is 0 Å². The van der Waals surface area contributed by atoms with E-state index in [1.807, 2.05) is 0 Å². The van der Waals surface area contributed by atoms with E-state index in [1.54, 1.807) is 12.1 Å². The number of carbonyl (C=O) groups is 3. The number of hydrogen-bond acceptors (Lipinski definition) is 5. The van der Waals surface area contributed by atoms with Crippen LogP contribution < -0.4 is 10.6 Å². The summed E-state index contributed by atoms with van der Waals surface area (Å²) in [4.78, 5) is 41.5. The van der Waals surface area contributed by atoms with Gasteiger partial charge >= 0.3 is 5.97 Å². The van der Waals surface area contributed by atoms with Gasteiger partial charge in [-0.25, -0.2) is 9.78 Å². The summed E-state index contributed by atoms with van der Waals surface area (Å²) in [6, 6.07) is 4.94. The SMILES string of the molecule is O=C(CCNC(=O)c1ccccc1O)N[C@@H](Cc1cnc[nH]1)C(=O)O. The summed E-state index contributed by atoms with van der Waals surface area (Å²) in [5, 5.41) is 23.6. The Morgan fingerprint density at radius 3 is 2.64 bits per heavy atom. The molecule has 0 fully saturated rings. The van der Waals surface area contributed by atoms with Crippen molar-refractivity contribution in [3.63, 3.8) is 0 Å². The van der Waals surface area contributed by atoms with E-state index in [-0.39, 0.29) is 30.7 Å². The second-order valence-corrected chi connectivity index (χ2v) is 5.26. The number of benzene rings is 1. The molecule has 0 unspecified atom stereocenters. The molecule has 1 aromatic carbocycles. The first kappa shape index (κ1) is 18.0. The number of aromatic nitrogens is 2. The van der Waals surface area contributed by atoms with Crippen LogP contribution in [0.3, 0.4) is 0 Å². The standard InChI is InChI=1S/C16H18N4O5/c21-13-4-2-1-3-11(13)15(23)18-6-5-14(22)20-12(16(24)25)7-10-8-17-9-19-10/h1-4,8-9,12,21H,5-7H2,(H,17,19)(H,18,23)(H,20,22)(H,24,25)/t12-/m0/s1. The zero-order chi connectivity index (χ0) is 18.2. The average Bonchev–Trinajstić information content (AvgIpc) is 3.07. The van der Waals surface area contributed by atoms with Crippen LogP contribution in [0.5, 0.6) is 5.75 Å². The van der Waals surface area contributed by atoms with Crippen molar-refractivity contribution in [3.8, 4) is 5.75 Å². The number of H-pyrrole nitrogens is 1. The maximum Gasteiger partial charge on any atom is 0.326 e. The van der Waals surface area contributed by atoms with Gasteiger partial charge in [0, 0.05) is 31.3 Å². The molecular weight excluding hydrogens is 328 g/mol. The van der Waals surface area contributed by atoms with Crippen LogP contribution in [-0.2, 0) is 16.0 Å². The van der Waals surface area contributed by atoms with Gasteiger partial charge < -0.3 is 25.8 Å². The second kappa shape index (κ2) is 8.48. The van der Waals surface area contributed by atoms with E-state index < -0.39 is 23.8 Å². The third-order valence-corrected chi connectivity index (χ3v) is 3.40. The highest BCUT2D eigenvalue weighted by Gasteiger charge is 2.21. The second-order valence-electron chi connectivity index (χ2n) is 5.26. The molecule has 0 aliphatic carbocycles. The Hall–Kier alpha value is -3.36. The van der Waals surface area contributed by atoms with E-state index >= 15 is 0 Å². The quantitative estimate of drug-likeness (QED) is 0.457. The first-order valence-electron chi connectivity index (χ1n) is 7.53. The van der Waals surface area contributed by atoms with Crippen LogP contribution in [-0.4, -0.2) is 50.6 Å². The van der Waals surface area contributed by atoms with Gasteiger partial charge in [0.1, 0.15) is 11.8 Å². The maximum absolute atomic E-state index is 11.9. The number of carboxylic acid groups (broad SMARTS) is 1. The molecule has 2 rings (SSSR count). The number of para-hydroxylation sites is 1. The highest BCUT2D eigenvalue weighted by atomic mass is 16.4. The Balaban J connectivity index is 1.80. The fourth-order valence-electron chi connectivity index (χ4n) is 2.13. The zero-order valence-electron chi connectivity index (χ0n) is 13.2. The van der Waals surface area contributed by atoms with Crippen LogP contribution in [0.1, 0.15) is 22.5 Å². The van der Waals surface area contributed by atoms with Gasteiger partial charge in [-0.3, -0.25) is 9.59 Å². The van der Waals surface area contributed by atoms with Crippen molar-refractivity contribution in [1.29, 1.82) is 0 Å². The van der Waals surface area contributed by atoms with E-state index in [4.69, 9.17) is 5.11 Å². The Bertz CT molecular complexity index is 745. The van der Waals surface area contributed by atoms with Crippen LogP contribution in [0.4, 0.5) is 0 Å². The molecule has 25 heavy (non-hydrogen) atoms. The lowest BCUT2D eigenvalue weighted by atomic mass is 10.1. The minimum Gasteiger partial charge on any atom is -0.507 e. The van der Waals surface area contributed by atoms with Crippen molar-refractivity contribution in [1.82, 2.24) is 20.6 Å². The highest BCUT2D eigenvalue weighted by Crippen LogP contribution is 2.14. The summed E-state index contributed by atoms with van der Waals surface area (Å²) in [6.07, 6.45) is 2.89. The van der Waals surface area contributed by atoms with Gasteiger partial charge in [0.05, 0.1) is 11.9 Å². The maximum atomic E-state index is 11.9. The zero-order valence-corrected chi connectivity index (χ0v) is 13.2. The van der Waals surface area contributed by atoms with Crippen molar-refractivity contribution >= 4 is 17.8 Å². The highest BCUT2D eigenvalue weighted by molar-refractivity contribution is 5.97. The molecule has 1 atom stereocenters. The Morgan fingerprint density at radius 1 is 1.24 bits per heavy atom. The van der Waals surface area contributed by atoms with Gasteiger partial charge in [0.2, 0.25) is 5.91 Å². The molecule has 1 heterocycles. The van der Waals surface area contributed by atoms with Gasteiger partial charge in [-0.2, -0.15) is 0 Å². The number of phenolic OH excluding ortho intramolecular Hbond substituents is 1. The molecule has 0 bridgehead atoms. The van der Waals surface area contributed by atoms with Crippen molar-refractivity contribution in [2.24, 2.45) is 0 Å². The molecule has 0 aliphatic rings. The molecule has 1 aromatic heterocycles. The number of carbonyl (C=O) groups excluding carboxylic acids is 2. The van der Waals surface area contributed by atoms with Gasteiger partial charge in [0.25, 0.3) is 5.91 Å². The van der Waals surface area contributed by atoms with Crippen LogP contribution in [0.25, 0.3) is 0 Å². The molecule has 5 N–H and O–H groups in total. The fourth-order valence-corrected chi connectivity index (χ4v) is 2.13. The predicted octanol–water partition coefficient (Wildman–Crippen LogP) is 0.0473.